The molecule has 8 heteroatoms. The van der Waals surface area contributed by atoms with Crippen molar-refractivity contribution in [1.82, 2.24) is 5.43 Å². The number of carbonyl (C=O) groups excluding carboxylic acids is 3. The number of para-hydroxylation sites is 2. The number of anilines is 2. The summed E-state index contributed by atoms with van der Waals surface area (Å²) in [6, 6.07) is 20.3. The number of rotatable bonds is 8. The average molecular weight is 432 g/mol. The molecule has 0 aliphatic heterocycles. The molecule has 0 unspecified atom stereocenters. The second kappa shape index (κ2) is 10.7. The highest BCUT2D eigenvalue weighted by atomic mass is 16.5. The van der Waals surface area contributed by atoms with Crippen LogP contribution in [0.2, 0.25) is 0 Å². The quantitative estimate of drug-likeness (QED) is 0.372. The van der Waals surface area contributed by atoms with E-state index in [2.05, 4.69) is 21.2 Å². The molecule has 0 saturated carbocycles. The second-order valence-electron chi connectivity index (χ2n) is 7.13. The topological polar surface area (TPSA) is 109 Å². The third-order valence-electron chi connectivity index (χ3n) is 4.39. The summed E-state index contributed by atoms with van der Waals surface area (Å²) in [6.45, 7) is 2.82. The van der Waals surface area contributed by atoms with E-state index in [9.17, 15) is 14.4 Å². The first-order chi connectivity index (χ1) is 15.4. The van der Waals surface area contributed by atoms with Gasteiger partial charge in [-0.25, -0.2) is 5.43 Å². The van der Waals surface area contributed by atoms with Gasteiger partial charge in [-0.1, -0.05) is 42.5 Å². The lowest BCUT2D eigenvalue weighted by atomic mass is 10.1. The fraction of sp³-hybridized carbons (Fsp3) is 0.167. The van der Waals surface area contributed by atoms with Crippen molar-refractivity contribution < 1.29 is 19.1 Å². The molecule has 0 spiro atoms. The molecular formula is C24H24N4O4. The minimum Gasteiger partial charge on any atom is -0.484 e. The third kappa shape index (κ3) is 6.66. The number of amides is 3. The fourth-order valence-electron chi connectivity index (χ4n) is 2.95. The van der Waals surface area contributed by atoms with Crippen molar-refractivity contribution in [3.8, 4) is 5.75 Å². The van der Waals surface area contributed by atoms with Crippen molar-refractivity contribution in [2.24, 2.45) is 5.10 Å². The highest BCUT2D eigenvalue weighted by molar-refractivity contribution is 6.07. The fourth-order valence-corrected chi connectivity index (χ4v) is 2.95. The van der Waals surface area contributed by atoms with E-state index in [1.165, 1.54) is 6.92 Å². The lowest BCUT2D eigenvalue weighted by Gasteiger charge is -2.11. The summed E-state index contributed by atoms with van der Waals surface area (Å²) in [5.74, 6) is -0.422. The lowest BCUT2D eigenvalue weighted by molar-refractivity contribution is -0.123. The molecule has 164 valence electrons. The maximum absolute atomic E-state index is 12.3. The van der Waals surface area contributed by atoms with Crippen molar-refractivity contribution in [3.63, 3.8) is 0 Å². The lowest BCUT2D eigenvalue weighted by Crippen LogP contribution is -2.26. The van der Waals surface area contributed by atoms with E-state index in [0.29, 0.717) is 22.8 Å². The molecule has 0 aliphatic carbocycles. The number of fused-ring (bicyclic) bond motifs is 1. The SMILES string of the molecule is CC(=O)Nc1ccccc1NC(=O)C/C(C)=N/NC(=O)COc1ccc2ccccc2c1. The maximum atomic E-state index is 12.3. The van der Waals surface area contributed by atoms with Gasteiger partial charge in [0.05, 0.1) is 17.8 Å². The summed E-state index contributed by atoms with van der Waals surface area (Å²) in [5, 5.41) is 11.4. The van der Waals surface area contributed by atoms with E-state index in [0.717, 1.165) is 10.8 Å². The van der Waals surface area contributed by atoms with Gasteiger partial charge < -0.3 is 15.4 Å². The number of hydrazone groups is 1. The first kappa shape index (κ1) is 22.5. The molecule has 0 aliphatic rings. The molecule has 0 atom stereocenters. The average Bonchev–Trinajstić information content (AvgIpc) is 2.77. The van der Waals surface area contributed by atoms with E-state index >= 15 is 0 Å². The minimum absolute atomic E-state index is 0.0276. The van der Waals surface area contributed by atoms with Gasteiger partial charge in [-0.15, -0.1) is 0 Å². The highest BCUT2D eigenvalue weighted by Crippen LogP contribution is 2.21. The molecule has 8 nitrogen and oxygen atoms in total. The molecular weight excluding hydrogens is 408 g/mol. The Bertz CT molecular complexity index is 1170. The van der Waals surface area contributed by atoms with Crippen molar-refractivity contribution in [2.45, 2.75) is 20.3 Å². The highest BCUT2D eigenvalue weighted by Gasteiger charge is 2.09. The predicted molar refractivity (Wildman–Crippen MR) is 125 cm³/mol. The molecule has 3 amide bonds. The summed E-state index contributed by atoms with van der Waals surface area (Å²) in [6.07, 6.45) is -0.0276. The Labute approximate surface area is 185 Å². The summed E-state index contributed by atoms with van der Waals surface area (Å²) in [7, 11) is 0. The molecule has 32 heavy (non-hydrogen) atoms. The first-order valence-corrected chi connectivity index (χ1v) is 10.0. The number of hydrogen-bond donors (Lipinski definition) is 3. The third-order valence-corrected chi connectivity index (χ3v) is 4.39. The van der Waals surface area contributed by atoms with Gasteiger partial charge in [0.1, 0.15) is 5.75 Å². The van der Waals surface area contributed by atoms with Crippen LogP contribution in [0.15, 0.2) is 71.8 Å². The molecule has 3 aromatic carbocycles. The van der Waals surface area contributed by atoms with E-state index in [4.69, 9.17) is 4.74 Å². The zero-order chi connectivity index (χ0) is 22.9. The van der Waals surface area contributed by atoms with Crippen LogP contribution in [-0.2, 0) is 14.4 Å². The van der Waals surface area contributed by atoms with E-state index in [-0.39, 0.29) is 24.8 Å². The smallest absolute Gasteiger partial charge is 0.277 e. The molecule has 0 saturated heterocycles. The number of benzene rings is 3. The van der Waals surface area contributed by atoms with E-state index < -0.39 is 5.91 Å². The van der Waals surface area contributed by atoms with E-state index in [1.54, 1.807) is 37.3 Å². The Morgan fingerprint density at radius 2 is 1.47 bits per heavy atom. The molecule has 3 N–H and O–H groups in total. The van der Waals surface area contributed by atoms with Crippen LogP contribution in [0.25, 0.3) is 10.8 Å². The van der Waals surface area contributed by atoms with Crippen molar-refractivity contribution >= 4 is 45.6 Å². The number of nitrogens with zero attached hydrogens (tertiary/aromatic N) is 1. The van der Waals surface area contributed by atoms with Gasteiger partial charge in [-0.3, -0.25) is 14.4 Å². The molecule has 0 radical (unpaired) electrons. The van der Waals surface area contributed by atoms with Crippen LogP contribution in [0, 0.1) is 0 Å². The maximum Gasteiger partial charge on any atom is 0.277 e. The molecule has 0 aromatic heterocycles. The molecule has 0 bridgehead atoms. The van der Waals surface area contributed by atoms with Gasteiger partial charge >= 0.3 is 0 Å². The van der Waals surface area contributed by atoms with Gasteiger partial charge in [-0.2, -0.15) is 5.10 Å². The monoisotopic (exact) mass is 432 g/mol. The van der Waals surface area contributed by atoms with Crippen LogP contribution in [-0.4, -0.2) is 30.0 Å². The molecule has 0 heterocycles. The van der Waals surface area contributed by atoms with Crippen LogP contribution in [0.1, 0.15) is 20.3 Å². The Morgan fingerprint density at radius 1 is 0.812 bits per heavy atom. The molecule has 3 rings (SSSR count). The van der Waals surface area contributed by atoms with Crippen molar-refractivity contribution in [2.75, 3.05) is 17.2 Å². The molecule has 0 fully saturated rings. The minimum atomic E-state index is -0.436. The zero-order valence-corrected chi connectivity index (χ0v) is 17.8. The Hall–Kier alpha value is -4.20. The second-order valence-corrected chi connectivity index (χ2v) is 7.13. The largest absolute Gasteiger partial charge is 0.484 e. The predicted octanol–water partition coefficient (Wildman–Crippen LogP) is 3.70. The Balaban J connectivity index is 1.48. The normalized spacial score (nSPS) is 11.0. The van der Waals surface area contributed by atoms with Crippen LogP contribution in [0.3, 0.4) is 0 Å². The van der Waals surface area contributed by atoms with Crippen molar-refractivity contribution in [3.05, 3.63) is 66.7 Å². The number of hydrogen-bond acceptors (Lipinski definition) is 5. The summed E-state index contributed by atoms with van der Waals surface area (Å²) in [5.41, 5.74) is 3.78. The number of ether oxygens (including phenoxy) is 1. The standard InChI is InChI=1S/C24H24N4O4/c1-16(13-23(30)26-22-10-6-5-9-21(22)25-17(2)29)27-28-24(31)15-32-20-12-11-18-7-3-4-8-19(18)14-20/h3-12,14H,13,15H2,1-2H3,(H,25,29)(H,26,30)(H,28,31)/b27-16+. The first-order valence-electron chi connectivity index (χ1n) is 10.0. The van der Waals surface area contributed by atoms with E-state index in [1.807, 2.05) is 36.4 Å². The zero-order valence-electron chi connectivity index (χ0n) is 17.8. The van der Waals surface area contributed by atoms with Crippen LogP contribution in [0.4, 0.5) is 11.4 Å². The van der Waals surface area contributed by atoms with Crippen LogP contribution < -0.4 is 20.8 Å². The van der Waals surface area contributed by atoms with Gasteiger partial charge in [0, 0.05) is 12.6 Å². The summed E-state index contributed by atoms with van der Waals surface area (Å²) >= 11 is 0. The Morgan fingerprint density at radius 3 is 2.19 bits per heavy atom. The van der Waals surface area contributed by atoms with Crippen molar-refractivity contribution in [1.29, 1.82) is 0 Å². The summed E-state index contributed by atoms with van der Waals surface area (Å²) in [4.78, 5) is 35.6. The van der Waals surface area contributed by atoms with Gasteiger partial charge in [0.25, 0.3) is 5.91 Å². The van der Waals surface area contributed by atoms with Crippen LogP contribution in [0.5, 0.6) is 5.75 Å². The Kier molecular flexibility index (Phi) is 7.53. The van der Waals surface area contributed by atoms with Gasteiger partial charge in [0.15, 0.2) is 6.61 Å². The number of carbonyl (C=O) groups is 3. The van der Waals surface area contributed by atoms with Gasteiger partial charge in [-0.05, 0) is 42.0 Å². The van der Waals surface area contributed by atoms with Gasteiger partial charge in [0.2, 0.25) is 11.8 Å². The molecule has 3 aromatic rings. The number of nitrogens with one attached hydrogen (secondary N) is 3. The van der Waals surface area contributed by atoms with Crippen LogP contribution >= 0.6 is 0 Å². The summed E-state index contributed by atoms with van der Waals surface area (Å²) < 4.78 is 5.52.